The monoisotopic (exact) mass is 326 g/mol. The van der Waals surface area contributed by atoms with Gasteiger partial charge in [0.2, 0.25) is 0 Å². The van der Waals surface area contributed by atoms with Crippen molar-refractivity contribution in [1.29, 1.82) is 0 Å². The molecular formula is C18H18N2O4. The first-order valence-corrected chi connectivity index (χ1v) is 7.62. The molecule has 1 atom stereocenters. The molecule has 3 rings (SSSR count). The molecule has 0 saturated heterocycles. The van der Waals surface area contributed by atoms with E-state index in [0.717, 1.165) is 17.0 Å². The smallest absolute Gasteiger partial charge is 0.305 e. The van der Waals surface area contributed by atoms with E-state index in [1.807, 2.05) is 36.4 Å². The third kappa shape index (κ3) is 3.03. The Morgan fingerprint density at radius 3 is 2.58 bits per heavy atom. The van der Waals surface area contributed by atoms with Crippen LogP contribution in [0.25, 0.3) is 0 Å². The van der Waals surface area contributed by atoms with E-state index < -0.39 is 12.1 Å². The molecule has 2 N–H and O–H groups in total. The van der Waals surface area contributed by atoms with Gasteiger partial charge in [-0.25, -0.2) is 0 Å². The standard InChI is InChI=1S/C18H18N2O4/c1-24-13-8-6-12(7-9-13)17-19-15-5-3-2-4-14(15)18(23)20(17)11-10-16(21)22/h2-9,17,19H,10-11H2,1H3,(H,21,22)/t17-/m1/s1. The van der Waals surface area contributed by atoms with Gasteiger partial charge in [0.1, 0.15) is 11.9 Å². The number of nitrogens with one attached hydrogen (secondary N) is 1. The van der Waals surface area contributed by atoms with Gasteiger partial charge in [0.15, 0.2) is 0 Å². The second-order valence-corrected chi connectivity index (χ2v) is 5.51. The fraction of sp³-hybridized carbons (Fsp3) is 0.222. The average Bonchev–Trinajstić information content (AvgIpc) is 2.61. The van der Waals surface area contributed by atoms with Crippen molar-refractivity contribution in [1.82, 2.24) is 4.90 Å². The molecule has 0 bridgehead atoms. The topological polar surface area (TPSA) is 78.9 Å². The highest BCUT2D eigenvalue weighted by Gasteiger charge is 2.32. The van der Waals surface area contributed by atoms with Crippen LogP contribution in [0.2, 0.25) is 0 Å². The first kappa shape index (κ1) is 15.9. The van der Waals surface area contributed by atoms with Crippen LogP contribution in [0, 0.1) is 0 Å². The van der Waals surface area contributed by atoms with Gasteiger partial charge in [0, 0.05) is 12.2 Å². The van der Waals surface area contributed by atoms with Crippen LogP contribution in [0.5, 0.6) is 5.75 Å². The summed E-state index contributed by atoms with van der Waals surface area (Å²) in [6.45, 7) is 0.131. The summed E-state index contributed by atoms with van der Waals surface area (Å²) >= 11 is 0. The van der Waals surface area contributed by atoms with Crippen molar-refractivity contribution in [2.24, 2.45) is 0 Å². The predicted octanol–water partition coefficient (Wildman–Crippen LogP) is 2.74. The minimum atomic E-state index is -0.935. The SMILES string of the molecule is COc1ccc([C@@H]2Nc3ccccc3C(=O)N2CCC(=O)O)cc1. The van der Waals surface area contributed by atoms with Gasteiger partial charge in [-0.1, -0.05) is 24.3 Å². The first-order valence-electron chi connectivity index (χ1n) is 7.62. The van der Waals surface area contributed by atoms with Crippen LogP contribution in [0.4, 0.5) is 5.69 Å². The van der Waals surface area contributed by atoms with Crippen molar-refractivity contribution in [3.05, 3.63) is 59.7 Å². The summed E-state index contributed by atoms with van der Waals surface area (Å²) < 4.78 is 5.16. The molecule has 0 radical (unpaired) electrons. The van der Waals surface area contributed by atoms with E-state index >= 15 is 0 Å². The minimum Gasteiger partial charge on any atom is -0.497 e. The van der Waals surface area contributed by atoms with Gasteiger partial charge in [-0.2, -0.15) is 0 Å². The van der Waals surface area contributed by atoms with Crippen molar-refractivity contribution < 1.29 is 19.4 Å². The number of ether oxygens (including phenoxy) is 1. The summed E-state index contributed by atoms with van der Waals surface area (Å²) in [5.41, 5.74) is 2.16. The van der Waals surface area contributed by atoms with Crippen molar-refractivity contribution in [2.75, 3.05) is 19.0 Å². The number of nitrogens with zero attached hydrogens (tertiary/aromatic N) is 1. The van der Waals surface area contributed by atoms with E-state index in [2.05, 4.69) is 5.32 Å². The number of carboxylic acid groups (broad SMARTS) is 1. The van der Waals surface area contributed by atoms with E-state index in [9.17, 15) is 9.59 Å². The largest absolute Gasteiger partial charge is 0.497 e. The summed E-state index contributed by atoms with van der Waals surface area (Å²) in [7, 11) is 1.59. The second kappa shape index (κ2) is 6.62. The van der Waals surface area contributed by atoms with Gasteiger partial charge in [-0.3, -0.25) is 9.59 Å². The van der Waals surface area contributed by atoms with E-state index in [1.54, 1.807) is 24.1 Å². The lowest BCUT2D eigenvalue weighted by molar-refractivity contribution is -0.137. The lowest BCUT2D eigenvalue weighted by atomic mass is 10.0. The molecule has 1 aliphatic heterocycles. The molecule has 0 saturated carbocycles. The normalized spacial score (nSPS) is 16.3. The van der Waals surface area contributed by atoms with Gasteiger partial charge in [-0.05, 0) is 29.8 Å². The highest BCUT2D eigenvalue weighted by Crippen LogP contribution is 2.33. The van der Waals surface area contributed by atoms with Gasteiger partial charge in [0.25, 0.3) is 5.91 Å². The lowest BCUT2D eigenvalue weighted by Crippen LogP contribution is -2.43. The molecule has 1 heterocycles. The number of rotatable bonds is 5. The molecule has 2 aromatic carbocycles. The summed E-state index contributed by atoms with van der Waals surface area (Å²) in [6, 6.07) is 14.6. The maximum Gasteiger partial charge on any atom is 0.305 e. The Balaban J connectivity index is 1.96. The van der Waals surface area contributed by atoms with Crippen LogP contribution in [0.15, 0.2) is 48.5 Å². The van der Waals surface area contributed by atoms with Crippen LogP contribution in [0.3, 0.4) is 0 Å². The Morgan fingerprint density at radius 2 is 1.92 bits per heavy atom. The first-order chi connectivity index (χ1) is 11.6. The number of fused-ring (bicyclic) bond motifs is 1. The number of benzene rings is 2. The molecule has 0 spiro atoms. The summed E-state index contributed by atoms with van der Waals surface area (Å²) in [5, 5.41) is 12.3. The van der Waals surface area contributed by atoms with Gasteiger partial charge >= 0.3 is 5.97 Å². The zero-order valence-corrected chi connectivity index (χ0v) is 13.2. The number of anilines is 1. The zero-order valence-electron chi connectivity index (χ0n) is 13.2. The fourth-order valence-corrected chi connectivity index (χ4v) is 2.79. The van der Waals surface area contributed by atoms with Crippen molar-refractivity contribution >= 4 is 17.6 Å². The maximum atomic E-state index is 12.8. The summed E-state index contributed by atoms with van der Waals surface area (Å²) in [5.74, 6) is -0.389. The molecule has 6 heteroatoms. The lowest BCUT2D eigenvalue weighted by Gasteiger charge is -2.38. The predicted molar refractivity (Wildman–Crippen MR) is 89.1 cm³/mol. The summed E-state index contributed by atoms with van der Waals surface area (Å²) in [6.07, 6.45) is -0.528. The number of carbonyl (C=O) groups is 2. The molecule has 0 aromatic heterocycles. The van der Waals surface area contributed by atoms with Crippen LogP contribution >= 0.6 is 0 Å². The number of carboxylic acids is 1. The fourth-order valence-electron chi connectivity index (χ4n) is 2.79. The van der Waals surface area contributed by atoms with Crippen molar-refractivity contribution in [3.63, 3.8) is 0 Å². The average molecular weight is 326 g/mol. The highest BCUT2D eigenvalue weighted by atomic mass is 16.5. The van der Waals surface area contributed by atoms with Crippen molar-refractivity contribution in [3.8, 4) is 5.75 Å². The molecule has 2 aromatic rings. The Morgan fingerprint density at radius 1 is 1.21 bits per heavy atom. The Bertz CT molecular complexity index is 758. The molecule has 24 heavy (non-hydrogen) atoms. The second-order valence-electron chi connectivity index (χ2n) is 5.51. The van der Waals surface area contributed by atoms with Crippen LogP contribution in [0.1, 0.15) is 28.5 Å². The number of para-hydroxylation sites is 1. The Kier molecular flexibility index (Phi) is 4.37. The van der Waals surface area contributed by atoms with E-state index in [0.29, 0.717) is 5.56 Å². The molecule has 0 aliphatic carbocycles. The summed E-state index contributed by atoms with van der Waals surface area (Å²) in [4.78, 5) is 25.3. The van der Waals surface area contributed by atoms with Gasteiger partial charge in [-0.15, -0.1) is 0 Å². The molecule has 0 fully saturated rings. The number of hydrogen-bond acceptors (Lipinski definition) is 4. The minimum absolute atomic E-state index is 0.109. The number of hydrogen-bond donors (Lipinski definition) is 2. The maximum absolute atomic E-state index is 12.8. The molecule has 1 amide bonds. The van der Waals surface area contributed by atoms with E-state index in [1.165, 1.54) is 0 Å². The highest BCUT2D eigenvalue weighted by molar-refractivity contribution is 6.01. The van der Waals surface area contributed by atoms with Crippen LogP contribution in [-0.2, 0) is 4.79 Å². The molecule has 6 nitrogen and oxygen atoms in total. The third-order valence-electron chi connectivity index (χ3n) is 4.02. The van der Waals surface area contributed by atoms with Gasteiger partial charge in [0.05, 0.1) is 19.1 Å². The quantitative estimate of drug-likeness (QED) is 0.883. The van der Waals surface area contributed by atoms with E-state index in [4.69, 9.17) is 9.84 Å². The number of amides is 1. The Labute approximate surface area is 139 Å². The number of aliphatic carboxylic acids is 1. The number of carbonyl (C=O) groups excluding carboxylic acids is 1. The zero-order chi connectivity index (χ0) is 17.1. The number of methoxy groups -OCH3 is 1. The Hall–Kier alpha value is -3.02. The molecule has 0 unspecified atom stereocenters. The van der Waals surface area contributed by atoms with Crippen LogP contribution in [-0.4, -0.2) is 35.5 Å². The van der Waals surface area contributed by atoms with E-state index in [-0.39, 0.29) is 18.9 Å². The van der Waals surface area contributed by atoms with Crippen molar-refractivity contribution in [2.45, 2.75) is 12.6 Å². The van der Waals surface area contributed by atoms with Gasteiger partial charge < -0.3 is 20.1 Å². The molecule has 124 valence electrons. The third-order valence-corrected chi connectivity index (χ3v) is 4.02. The molecule has 1 aliphatic rings. The van der Waals surface area contributed by atoms with Crippen LogP contribution < -0.4 is 10.1 Å². The molecular weight excluding hydrogens is 308 g/mol.